The summed E-state index contributed by atoms with van der Waals surface area (Å²) >= 11 is 0. The minimum Gasteiger partial charge on any atom is -0.496 e. The summed E-state index contributed by atoms with van der Waals surface area (Å²) < 4.78 is 33.3. The molecule has 0 spiro atoms. The number of sulfonamides is 1. The van der Waals surface area contributed by atoms with Crippen molar-refractivity contribution in [3.63, 3.8) is 0 Å². The van der Waals surface area contributed by atoms with E-state index >= 15 is 0 Å². The van der Waals surface area contributed by atoms with Crippen LogP contribution in [0.5, 0.6) is 5.75 Å². The first kappa shape index (κ1) is 24.6. The summed E-state index contributed by atoms with van der Waals surface area (Å²) in [7, 11) is -2.30. The molecule has 182 valence electrons. The largest absolute Gasteiger partial charge is 0.496 e. The lowest BCUT2D eigenvalue weighted by atomic mass is 10.1. The van der Waals surface area contributed by atoms with Crippen LogP contribution in [0.3, 0.4) is 0 Å². The van der Waals surface area contributed by atoms with Crippen molar-refractivity contribution in [3.8, 4) is 5.75 Å². The van der Waals surface area contributed by atoms with E-state index in [0.717, 1.165) is 5.56 Å². The molecule has 0 saturated carbocycles. The molecule has 9 heteroatoms. The number of carbonyl (C=O) groups excluding carboxylic acids is 1. The minimum atomic E-state index is -3.86. The van der Waals surface area contributed by atoms with Crippen LogP contribution in [-0.2, 0) is 16.6 Å². The SMILES string of the molecule is COc1ccccc1/C=N/NC(=O)c1ccc(CN(c2ccccn2)S(=O)(=O)c2ccccc2)cc1. The Labute approximate surface area is 209 Å². The van der Waals surface area contributed by atoms with Crippen LogP contribution in [0.25, 0.3) is 0 Å². The molecule has 0 bridgehead atoms. The molecule has 0 radical (unpaired) electrons. The number of hydrogen-bond acceptors (Lipinski definition) is 6. The molecule has 0 aliphatic heterocycles. The molecule has 4 aromatic rings. The highest BCUT2D eigenvalue weighted by Gasteiger charge is 2.26. The Bertz CT molecular complexity index is 1440. The Balaban J connectivity index is 1.50. The van der Waals surface area contributed by atoms with Gasteiger partial charge < -0.3 is 4.74 Å². The van der Waals surface area contributed by atoms with Crippen LogP contribution in [0, 0.1) is 0 Å². The molecule has 0 atom stereocenters. The molecule has 0 unspecified atom stereocenters. The fourth-order valence-electron chi connectivity index (χ4n) is 3.44. The van der Waals surface area contributed by atoms with Crippen molar-refractivity contribution in [1.82, 2.24) is 10.4 Å². The van der Waals surface area contributed by atoms with Crippen molar-refractivity contribution in [3.05, 3.63) is 120 Å². The van der Waals surface area contributed by atoms with Gasteiger partial charge in [-0.05, 0) is 54.1 Å². The van der Waals surface area contributed by atoms with Crippen molar-refractivity contribution in [2.45, 2.75) is 11.4 Å². The van der Waals surface area contributed by atoms with E-state index < -0.39 is 15.9 Å². The number of carbonyl (C=O) groups is 1. The molecule has 0 fully saturated rings. The Kier molecular flexibility index (Phi) is 7.72. The monoisotopic (exact) mass is 500 g/mol. The highest BCUT2D eigenvalue weighted by molar-refractivity contribution is 7.92. The number of amides is 1. The highest BCUT2D eigenvalue weighted by Crippen LogP contribution is 2.24. The average Bonchev–Trinajstić information content (AvgIpc) is 2.93. The molecule has 1 aromatic heterocycles. The standard InChI is InChI=1S/C27H24N4O4S/c1-35-25-12-6-5-9-23(25)19-29-30-27(32)22-16-14-21(15-17-22)20-31(26-13-7-8-18-28-26)36(33,34)24-10-3-2-4-11-24/h2-19H,20H2,1H3,(H,30,32)/b29-19+. The van der Waals surface area contributed by atoms with E-state index in [-0.39, 0.29) is 11.4 Å². The topological polar surface area (TPSA) is 101 Å². The minimum absolute atomic E-state index is 0.0437. The molecular weight excluding hydrogens is 476 g/mol. The molecule has 36 heavy (non-hydrogen) atoms. The number of nitrogens with one attached hydrogen (secondary N) is 1. The maximum Gasteiger partial charge on any atom is 0.271 e. The summed E-state index contributed by atoms with van der Waals surface area (Å²) in [4.78, 5) is 16.9. The van der Waals surface area contributed by atoms with Crippen LogP contribution in [0.2, 0.25) is 0 Å². The van der Waals surface area contributed by atoms with Crippen LogP contribution < -0.4 is 14.5 Å². The second-order valence-corrected chi connectivity index (χ2v) is 9.51. The van der Waals surface area contributed by atoms with Crippen molar-refractivity contribution in [1.29, 1.82) is 0 Å². The van der Waals surface area contributed by atoms with Gasteiger partial charge >= 0.3 is 0 Å². The second kappa shape index (κ2) is 11.3. The number of hydrazone groups is 1. The number of ether oxygens (including phenoxy) is 1. The molecule has 0 saturated heterocycles. The van der Waals surface area contributed by atoms with Gasteiger partial charge in [-0.3, -0.25) is 4.79 Å². The third kappa shape index (κ3) is 5.76. The first-order valence-corrected chi connectivity index (χ1v) is 12.5. The lowest BCUT2D eigenvalue weighted by Crippen LogP contribution is -2.31. The molecule has 1 amide bonds. The van der Waals surface area contributed by atoms with Gasteiger partial charge in [-0.25, -0.2) is 23.1 Å². The lowest BCUT2D eigenvalue weighted by Gasteiger charge is -2.23. The molecule has 0 aliphatic rings. The summed E-state index contributed by atoms with van der Waals surface area (Å²) in [5.41, 5.74) is 4.29. The van der Waals surface area contributed by atoms with Crippen molar-refractivity contribution in [2.75, 3.05) is 11.4 Å². The Morgan fingerprint density at radius 3 is 2.33 bits per heavy atom. The number of rotatable bonds is 9. The molecule has 1 heterocycles. The Morgan fingerprint density at radius 2 is 1.64 bits per heavy atom. The van der Waals surface area contributed by atoms with E-state index in [1.54, 1.807) is 92.2 Å². The molecule has 3 aromatic carbocycles. The third-order valence-corrected chi connectivity index (χ3v) is 7.05. The summed E-state index contributed by atoms with van der Waals surface area (Å²) in [5.74, 6) is 0.544. The number of methoxy groups -OCH3 is 1. The summed E-state index contributed by atoms with van der Waals surface area (Å²) in [6.45, 7) is 0.0437. The van der Waals surface area contributed by atoms with Crippen molar-refractivity contribution in [2.24, 2.45) is 5.10 Å². The number of nitrogens with zero attached hydrogens (tertiary/aromatic N) is 3. The smallest absolute Gasteiger partial charge is 0.271 e. The average molecular weight is 501 g/mol. The fraction of sp³-hybridized carbons (Fsp3) is 0.0741. The van der Waals surface area contributed by atoms with E-state index in [9.17, 15) is 13.2 Å². The van der Waals surface area contributed by atoms with Gasteiger partial charge in [0.1, 0.15) is 11.6 Å². The van der Waals surface area contributed by atoms with Gasteiger partial charge in [-0.15, -0.1) is 0 Å². The van der Waals surface area contributed by atoms with E-state index in [2.05, 4.69) is 15.5 Å². The van der Waals surface area contributed by atoms with E-state index in [1.807, 2.05) is 18.2 Å². The van der Waals surface area contributed by atoms with E-state index in [1.165, 1.54) is 10.5 Å². The number of anilines is 1. The highest BCUT2D eigenvalue weighted by atomic mass is 32.2. The zero-order chi connectivity index (χ0) is 25.4. The van der Waals surface area contributed by atoms with Gasteiger partial charge in [0.2, 0.25) is 0 Å². The molecule has 0 aliphatic carbocycles. The maximum absolute atomic E-state index is 13.4. The zero-order valence-electron chi connectivity index (χ0n) is 19.5. The van der Waals surface area contributed by atoms with Crippen LogP contribution in [0.4, 0.5) is 5.82 Å². The zero-order valence-corrected chi connectivity index (χ0v) is 20.3. The quantitative estimate of drug-likeness (QED) is 0.274. The normalized spacial score (nSPS) is 11.2. The predicted molar refractivity (Wildman–Crippen MR) is 139 cm³/mol. The van der Waals surface area contributed by atoms with E-state index in [0.29, 0.717) is 22.7 Å². The van der Waals surface area contributed by atoms with Gasteiger partial charge in [0.25, 0.3) is 15.9 Å². The summed E-state index contributed by atoms with van der Waals surface area (Å²) in [6, 6.07) is 27.2. The van der Waals surface area contributed by atoms with Gasteiger partial charge in [0, 0.05) is 17.3 Å². The van der Waals surface area contributed by atoms with Crippen LogP contribution in [0.1, 0.15) is 21.5 Å². The molecule has 8 nitrogen and oxygen atoms in total. The first-order valence-electron chi connectivity index (χ1n) is 11.0. The number of para-hydroxylation sites is 1. The van der Waals surface area contributed by atoms with Gasteiger partial charge in [-0.2, -0.15) is 5.10 Å². The first-order chi connectivity index (χ1) is 17.5. The second-order valence-electron chi connectivity index (χ2n) is 7.65. The maximum atomic E-state index is 13.4. The van der Waals surface area contributed by atoms with Crippen LogP contribution in [0.15, 0.2) is 113 Å². The Hall–Kier alpha value is -4.50. The van der Waals surface area contributed by atoms with Crippen molar-refractivity contribution < 1.29 is 17.9 Å². The van der Waals surface area contributed by atoms with Crippen LogP contribution in [-0.4, -0.2) is 32.6 Å². The number of benzene rings is 3. The molecular formula is C27H24N4O4S. The molecule has 1 N–H and O–H groups in total. The Morgan fingerprint density at radius 1 is 0.944 bits per heavy atom. The van der Waals surface area contributed by atoms with Gasteiger partial charge in [0.15, 0.2) is 0 Å². The number of pyridine rings is 1. The van der Waals surface area contributed by atoms with Crippen molar-refractivity contribution >= 4 is 28.0 Å². The van der Waals surface area contributed by atoms with Gasteiger partial charge in [-0.1, -0.05) is 48.5 Å². The summed E-state index contributed by atoms with van der Waals surface area (Å²) in [6.07, 6.45) is 3.05. The third-order valence-electron chi connectivity index (χ3n) is 5.29. The number of aromatic nitrogens is 1. The predicted octanol–water partition coefficient (Wildman–Crippen LogP) is 4.25. The fourth-order valence-corrected chi connectivity index (χ4v) is 4.86. The van der Waals surface area contributed by atoms with Gasteiger partial charge in [0.05, 0.1) is 24.8 Å². The van der Waals surface area contributed by atoms with E-state index in [4.69, 9.17) is 4.74 Å². The summed E-state index contributed by atoms with van der Waals surface area (Å²) in [5, 5.41) is 4.00. The lowest BCUT2D eigenvalue weighted by molar-refractivity contribution is 0.0955. The molecule has 4 rings (SSSR count). The van der Waals surface area contributed by atoms with Crippen LogP contribution >= 0.6 is 0 Å². The number of hydrogen-bond donors (Lipinski definition) is 1.